The number of esters is 2. The van der Waals surface area contributed by atoms with Crippen LogP contribution in [-0.4, -0.2) is 53.8 Å². The van der Waals surface area contributed by atoms with Crippen molar-refractivity contribution in [1.82, 2.24) is 4.90 Å². The Hall–Kier alpha value is -1.92. The van der Waals surface area contributed by atoms with Gasteiger partial charge < -0.3 is 14.6 Å². The second kappa shape index (κ2) is 10.4. The summed E-state index contributed by atoms with van der Waals surface area (Å²) < 4.78 is 9.83. The molecule has 0 aliphatic carbocycles. The maximum Gasteiger partial charge on any atom is 0.350 e. The fourth-order valence-electron chi connectivity index (χ4n) is 3.57. The van der Waals surface area contributed by atoms with Gasteiger partial charge in [0.25, 0.3) is 5.60 Å². The molecular formula is C21H31NO5. The van der Waals surface area contributed by atoms with E-state index in [2.05, 4.69) is 17.0 Å². The number of nitrogens with zero attached hydrogens (tertiary/aromatic N) is 1. The molecule has 0 bridgehead atoms. The molecule has 0 aromatic heterocycles. The molecule has 1 fully saturated rings. The highest BCUT2D eigenvalue weighted by atomic mass is 16.6. The number of piperidine rings is 1. The van der Waals surface area contributed by atoms with E-state index in [1.807, 2.05) is 18.2 Å². The summed E-state index contributed by atoms with van der Waals surface area (Å²) in [7, 11) is 0. The van der Waals surface area contributed by atoms with E-state index in [0.29, 0.717) is 12.3 Å². The molecule has 0 saturated carbocycles. The predicted molar refractivity (Wildman–Crippen MR) is 102 cm³/mol. The Bertz CT molecular complexity index is 586. The second-order valence-electron chi connectivity index (χ2n) is 7.07. The number of hydrogen-bond acceptors (Lipinski definition) is 6. The van der Waals surface area contributed by atoms with Gasteiger partial charge in [-0.3, -0.25) is 4.90 Å². The Labute approximate surface area is 161 Å². The van der Waals surface area contributed by atoms with Crippen LogP contribution in [0, 0.1) is 5.92 Å². The summed E-state index contributed by atoms with van der Waals surface area (Å²) in [5, 5.41) is 10.7. The van der Waals surface area contributed by atoms with Crippen LogP contribution in [0.2, 0.25) is 0 Å². The molecule has 150 valence electrons. The minimum atomic E-state index is -2.21. The van der Waals surface area contributed by atoms with Crippen LogP contribution >= 0.6 is 0 Å². The van der Waals surface area contributed by atoms with Crippen molar-refractivity contribution in [2.24, 2.45) is 5.92 Å². The summed E-state index contributed by atoms with van der Waals surface area (Å²) in [6, 6.07) is 10.3. The first-order chi connectivity index (χ1) is 13.0. The molecular weight excluding hydrogens is 346 g/mol. The Kier molecular flexibility index (Phi) is 8.25. The Morgan fingerprint density at radius 2 is 1.78 bits per heavy atom. The first-order valence-electron chi connectivity index (χ1n) is 9.82. The molecule has 1 heterocycles. The fraction of sp³-hybridized carbons (Fsp3) is 0.619. The number of carbonyl (C=O) groups excluding carboxylic acids is 2. The van der Waals surface area contributed by atoms with Gasteiger partial charge in [-0.25, -0.2) is 9.59 Å². The van der Waals surface area contributed by atoms with Crippen LogP contribution in [0.5, 0.6) is 0 Å². The van der Waals surface area contributed by atoms with Crippen LogP contribution in [0.1, 0.15) is 45.1 Å². The van der Waals surface area contributed by atoms with Gasteiger partial charge in [0.2, 0.25) is 0 Å². The quantitative estimate of drug-likeness (QED) is 0.526. The van der Waals surface area contributed by atoms with Gasteiger partial charge in [-0.15, -0.1) is 0 Å². The summed E-state index contributed by atoms with van der Waals surface area (Å²) in [6.45, 7) is 6.31. The van der Waals surface area contributed by atoms with E-state index in [-0.39, 0.29) is 19.6 Å². The molecule has 1 saturated heterocycles. The summed E-state index contributed by atoms with van der Waals surface area (Å²) in [5.41, 5.74) is -0.944. The number of carbonyl (C=O) groups is 2. The third-order valence-corrected chi connectivity index (χ3v) is 4.99. The molecule has 27 heavy (non-hydrogen) atoms. The van der Waals surface area contributed by atoms with Gasteiger partial charge in [0.05, 0.1) is 13.2 Å². The van der Waals surface area contributed by atoms with E-state index in [1.54, 1.807) is 13.8 Å². The lowest BCUT2D eigenvalue weighted by Gasteiger charge is -2.34. The van der Waals surface area contributed by atoms with Crippen molar-refractivity contribution < 1.29 is 24.2 Å². The van der Waals surface area contributed by atoms with Gasteiger partial charge in [-0.05, 0) is 57.6 Å². The van der Waals surface area contributed by atoms with E-state index in [9.17, 15) is 14.7 Å². The summed E-state index contributed by atoms with van der Waals surface area (Å²) in [5.74, 6) is -1.52. The van der Waals surface area contributed by atoms with Crippen LogP contribution in [-0.2, 0) is 25.6 Å². The van der Waals surface area contributed by atoms with Crippen LogP contribution in [0.25, 0.3) is 0 Å². The third kappa shape index (κ3) is 6.04. The molecule has 1 atom stereocenters. The van der Waals surface area contributed by atoms with E-state index >= 15 is 0 Å². The number of ether oxygens (including phenoxy) is 2. The average Bonchev–Trinajstić information content (AvgIpc) is 2.67. The minimum absolute atomic E-state index is 0.0223. The molecule has 0 spiro atoms. The maximum atomic E-state index is 12.2. The van der Waals surface area contributed by atoms with Crippen LogP contribution in [0.15, 0.2) is 30.3 Å². The Morgan fingerprint density at radius 3 is 2.37 bits per heavy atom. The summed E-state index contributed by atoms with van der Waals surface area (Å²) in [4.78, 5) is 26.7. The second-order valence-corrected chi connectivity index (χ2v) is 7.07. The van der Waals surface area contributed by atoms with Crippen molar-refractivity contribution in [1.29, 1.82) is 0 Å². The Balaban J connectivity index is 1.94. The van der Waals surface area contributed by atoms with E-state index < -0.39 is 17.5 Å². The lowest BCUT2D eigenvalue weighted by Crippen LogP contribution is -2.49. The zero-order valence-electron chi connectivity index (χ0n) is 16.4. The molecule has 1 aromatic rings. The van der Waals surface area contributed by atoms with Gasteiger partial charge in [0.1, 0.15) is 0 Å². The number of likely N-dealkylation sites (tertiary alicyclic amines) is 1. The fourth-order valence-corrected chi connectivity index (χ4v) is 3.57. The molecule has 1 aliphatic heterocycles. The van der Waals surface area contributed by atoms with Gasteiger partial charge in [-0.2, -0.15) is 0 Å². The SMILES string of the molecule is CCOC(=O)C(O)(CCC1CCCN(Cc2ccccc2)C1)C(=O)OCC. The highest BCUT2D eigenvalue weighted by molar-refractivity contribution is 6.03. The zero-order chi connectivity index (χ0) is 19.7. The lowest BCUT2D eigenvalue weighted by molar-refractivity contribution is -0.184. The van der Waals surface area contributed by atoms with Crippen molar-refractivity contribution in [3.63, 3.8) is 0 Å². The molecule has 1 aliphatic rings. The number of aliphatic hydroxyl groups is 1. The molecule has 2 rings (SSSR count). The van der Waals surface area contributed by atoms with Gasteiger partial charge in [0, 0.05) is 13.1 Å². The largest absolute Gasteiger partial charge is 0.463 e. The van der Waals surface area contributed by atoms with Crippen molar-refractivity contribution >= 4 is 11.9 Å². The maximum absolute atomic E-state index is 12.2. The van der Waals surface area contributed by atoms with Crippen LogP contribution in [0.3, 0.4) is 0 Å². The van der Waals surface area contributed by atoms with Crippen molar-refractivity contribution in [3.8, 4) is 0 Å². The molecule has 1 N–H and O–H groups in total. The van der Waals surface area contributed by atoms with Crippen molar-refractivity contribution in [2.75, 3.05) is 26.3 Å². The Morgan fingerprint density at radius 1 is 1.15 bits per heavy atom. The number of benzene rings is 1. The highest BCUT2D eigenvalue weighted by Gasteiger charge is 2.47. The van der Waals surface area contributed by atoms with E-state index in [4.69, 9.17) is 9.47 Å². The van der Waals surface area contributed by atoms with Crippen molar-refractivity contribution in [2.45, 2.75) is 51.7 Å². The van der Waals surface area contributed by atoms with Gasteiger partial charge in [0.15, 0.2) is 0 Å². The smallest absolute Gasteiger partial charge is 0.350 e. The highest BCUT2D eigenvalue weighted by Crippen LogP contribution is 2.27. The number of rotatable bonds is 9. The first-order valence-corrected chi connectivity index (χ1v) is 9.82. The normalized spacial score (nSPS) is 18.1. The standard InChI is InChI=1S/C21H31NO5/c1-3-26-19(23)21(25,20(24)27-4-2)13-12-18-11-8-14-22(16-18)15-17-9-6-5-7-10-17/h5-7,9-10,18,25H,3-4,8,11-16H2,1-2H3. The molecule has 0 radical (unpaired) electrons. The lowest BCUT2D eigenvalue weighted by atomic mass is 9.87. The minimum Gasteiger partial charge on any atom is -0.463 e. The van der Waals surface area contributed by atoms with Crippen LogP contribution < -0.4 is 0 Å². The predicted octanol–water partition coefficient (Wildman–Crippen LogP) is 2.54. The van der Waals surface area contributed by atoms with Gasteiger partial charge in [-0.1, -0.05) is 30.3 Å². The van der Waals surface area contributed by atoms with Crippen molar-refractivity contribution in [3.05, 3.63) is 35.9 Å². The van der Waals surface area contributed by atoms with Gasteiger partial charge >= 0.3 is 11.9 Å². The van der Waals surface area contributed by atoms with E-state index in [1.165, 1.54) is 5.56 Å². The molecule has 6 heteroatoms. The average molecular weight is 377 g/mol. The zero-order valence-corrected chi connectivity index (χ0v) is 16.4. The van der Waals surface area contributed by atoms with Crippen LogP contribution in [0.4, 0.5) is 0 Å². The first kappa shape index (κ1) is 21.4. The topological polar surface area (TPSA) is 76.1 Å². The molecule has 1 aromatic carbocycles. The third-order valence-electron chi connectivity index (χ3n) is 4.99. The van der Waals surface area contributed by atoms with E-state index in [0.717, 1.165) is 32.5 Å². The molecule has 1 unspecified atom stereocenters. The monoisotopic (exact) mass is 377 g/mol. The number of hydrogen-bond donors (Lipinski definition) is 1. The molecule has 6 nitrogen and oxygen atoms in total. The summed E-state index contributed by atoms with van der Waals surface area (Å²) >= 11 is 0. The summed E-state index contributed by atoms with van der Waals surface area (Å²) in [6.07, 6.45) is 2.68. The molecule has 0 amide bonds.